The fraction of sp³-hybridized carbons (Fsp3) is 0.875. The van der Waals surface area contributed by atoms with Gasteiger partial charge in [0, 0.05) is 27.1 Å². The second-order valence-electron chi connectivity index (χ2n) is 4.46. The van der Waals surface area contributed by atoms with Gasteiger partial charge in [-0.2, -0.15) is 0 Å². The van der Waals surface area contributed by atoms with E-state index in [1.165, 1.54) is 13.8 Å². The normalized spacial score (nSPS) is 9.74. The molecule has 0 saturated heterocycles. The molecule has 23 heavy (non-hydrogen) atoms. The van der Waals surface area contributed by atoms with Crippen LogP contribution in [0.2, 0.25) is 0 Å². The number of carbonyl (C=O) groups excluding carboxylic acids is 2. The lowest BCUT2D eigenvalue weighted by Crippen LogP contribution is -2.11. The third-order valence-electron chi connectivity index (χ3n) is 2.28. The number of esters is 2. The molecule has 0 saturated carbocycles. The van der Waals surface area contributed by atoms with Gasteiger partial charge in [0.2, 0.25) is 0 Å². The predicted molar refractivity (Wildman–Crippen MR) is 86.3 cm³/mol. The van der Waals surface area contributed by atoms with Crippen LogP contribution in [-0.2, 0) is 33.3 Å². The summed E-state index contributed by atoms with van der Waals surface area (Å²) in [6, 6.07) is 0. The standard InChI is InChI=1S/C10H20O4.C6H12O3/c1-3-4-5-12-6-7-13-8-9-14-10(2)11;1-3-8-4-5-9-6(2)7/h3-9H2,1-2H3;3-5H2,1-2H3. The summed E-state index contributed by atoms with van der Waals surface area (Å²) >= 11 is 0. The molecular weight excluding hydrogens is 304 g/mol. The van der Waals surface area contributed by atoms with Crippen molar-refractivity contribution in [2.75, 3.05) is 52.9 Å². The Morgan fingerprint density at radius 1 is 0.652 bits per heavy atom. The van der Waals surface area contributed by atoms with Crippen LogP contribution < -0.4 is 0 Å². The average molecular weight is 336 g/mol. The van der Waals surface area contributed by atoms with Crippen LogP contribution in [0.1, 0.15) is 40.5 Å². The fourth-order valence-electron chi connectivity index (χ4n) is 1.20. The smallest absolute Gasteiger partial charge is 0.302 e. The molecule has 138 valence electrons. The number of carbonyl (C=O) groups is 2. The maximum absolute atomic E-state index is 10.3. The molecule has 7 nitrogen and oxygen atoms in total. The van der Waals surface area contributed by atoms with Crippen molar-refractivity contribution in [3.8, 4) is 0 Å². The number of unbranched alkanes of at least 4 members (excludes halogenated alkanes) is 1. The SMILES string of the molecule is CCCCOCCOCCOC(C)=O.CCOCCOC(C)=O. The van der Waals surface area contributed by atoms with E-state index >= 15 is 0 Å². The first-order valence-electron chi connectivity index (χ1n) is 8.04. The van der Waals surface area contributed by atoms with E-state index in [0.717, 1.165) is 19.4 Å². The van der Waals surface area contributed by atoms with Crippen molar-refractivity contribution in [2.45, 2.75) is 40.5 Å². The highest BCUT2D eigenvalue weighted by atomic mass is 16.6. The summed E-state index contributed by atoms with van der Waals surface area (Å²) < 4.78 is 24.6. The molecule has 0 unspecified atom stereocenters. The van der Waals surface area contributed by atoms with Gasteiger partial charge in [-0.1, -0.05) is 13.3 Å². The Kier molecular flexibility index (Phi) is 21.8. The zero-order valence-electron chi connectivity index (χ0n) is 14.9. The lowest BCUT2D eigenvalue weighted by atomic mass is 10.4. The van der Waals surface area contributed by atoms with Crippen LogP contribution in [0.4, 0.5) is 0 Å². The predicted octanol–water partition coefficient (Wildman–Crippen LogP) is 1.97. The molecular formula is C16H32O7. The number of ether oxygens (including phenoxy) is 5. The monoisotopic (exact) mass is 336 g/mol. The van der Waals surface area contributed by atoms with Crippen LogP contribution in [0.25, 0.3) is 0 Å². The Morgan fingerprint density at radius 3 is 1.52 bits per heavy atom. The van der Waals surface area contributed by atoms with Crippen molar-refractivity contribution in [3.05, 3.63) is 0 Å². The fourth-order valence-corrected chi connectivity index (χ4v) is 1.20. The minimum absolute atomic E-state index is 0.255. The Bertz CT molecular complexity index is 269. The molecule has 0 bridgehead atoms. The van der Waals surface area contributed by atoms with Gasteiger partial charge in [-0.15, -0.1) is 0 Å². The number of hydrogen-bond donors (Lipinski definition) is 0. The Balaban J connectivity index is 0. The molecule has 0 N–H and O–H groups in total. The van der Waals surface area contributed by atoms with Crippen molar-refractivity contribution in [3.63, 3.8) is 0 Å². The molecule has 0 radical (unpaired) electrons. The summed E-state index contributed by atoms with van der Waals surface area (Å²) in [5.74, 6) is -0.525. The van der Waals surface area contributed by atoms with E-state index in [4.69, 9.17) is 14.2 Å². The molecule has 0 heterocycles. The first-order chi connectivity index (χ1) is 11.0. The van der Waals surface area contributed by atoms with Crippen LogP contribution >= 0.6 is 0 Å². The molecule has 0 aliphatic rings. The van der Waals surface area contributed by atoms with E-state index in [-0.39, 0.29) is 11.9 Å². The molecule has 0 amide bonds. The topological polar surface area (TPSA) is 80.3 Å². The maximum atomic E-state index is 10.3. The van der Waals surface area contributed by atoms with Crippen LogP contribution in [-0.4, -0.2) is 64.8 Å². The molecule has 0 fully saturated rings. The first-order valence-corrected chi connectivity index (χ1v) is 8.04. The van der Waals surface area contributed by atoms with E-state index < -0.39 is 0 Å². The molecule has 0 rings (SSSR count). The van der Waals surface area contributed by atoms with Gasteiger partial charge >= 0.3 is 11.9 Å². The lowest BCUT2D eigenvalue weighted by molar-refractivity contribution is -0.143. The van der Waals surface area contributed by atoms with Gasteiger partial charge in [0.15, 0.2) is 0 Å². The van der Waals surface area contributed by atoms with Gasteiger partial charge in [-0.3, -0.25) is 9.59 Å². The highest BCUT2D eigenvalue weighted by Crippen LogP contribution is 1.88. The molecule has 0 spiro atoms. The van der Waals surface area contributed by atoms with Crippen LogP contribution in [0.5, 0.6) is 0 Å². The first kappa shape index (κ1) is 24.1. The van der Waals surface area contributed by atoms with Crippen LogP contribution in [0.15, 0.2) is 0 Å². The van der Waals surface area contributed by atoms with Crippen molar-refractivity contribution >= 4 is 11.9 Å². The molecule has 0 aromatic rings. The van der Waals surface area contributed by atoms with Crippen molar-refractivity contribution < 1.29 is 33.3 Å². The molecule has 0 aromatic heterocycles. The largest absolute Gasteiger partial charge is 0.463 e. The minimum Gasteiger partial charge on any atom is -0.463 e. The summed E-state index contributed by atoms with van der Waals surface area (Å²) in [7, 11) is 0. The molecule has 0 aromatic carbocycles. The van der Waals surface area contributed by atoms with Crippen molar-refractivity contribution in [1.29, 1.82) is 0 Å². The summed E-state index contributed by atoms with van der Waals surface area (Å²) in [6.45, 7) is 11.0. The van der Waals surface area contributed by atoms with Gasteiger partial charge in [-0.25, -0.2) is 0 Å². The maximum Gasteiger partial charge on any atom is 0.302 e. The van der Waals surface area contributed by atoms with E-state index in [0.29, 0.717) is 46.2 Å². The highest BCUT2D eigenvalue weighted by Gasteiger charge is 1.93. The van der Waals surface area contributed by atoms with Gasteiger partial charge in [0.05, 0.1) is 26.4 Å². The third-order valence-corrected chi connectivity index (χ3v) is 2.28. The van der Waals surface area contributed by atoms with E-state index in [9.17, 15) is 9.59 Å². The van der Waals surface area contributed by atoms with Gasteiger partial charge in [0.25, 0.3) is 0 Å². The zero-order valence-corrected chi connectivity index (χ0v) is 14.9. The minimum atomic E-state index is -0.271. The molecule has 7 heteroatoms. The Labute approximate surface area is 139 Å². The summed E-state index contributed by atoms with van der Waals surface area (Å²) in [5.41, 5.74) is 0. The zero-order chi connectivity index (χ0) is 17.8. The molecule has 0 aliphatic heterocycles. The quantitative estimate of drug-likeness (QED) is 0.376. The number of hydrogen-bond acceptors (Lipinski definition) is 7. The summed E-state index contributed by atoms with van der Waals surface area (Å²) in [5, 5.41) is 0. The number of rotatable bonds is 13. The van der Waals surface area contributed by atoms with E-state index in [2.05, 4.69) is 16.4 Å². The van der Waals surface area contributed by atoms with Gasteiger partial charge in [-0.05, 0) is 13.3 Å². The molecule has 0 aliphatic carbocycles. The van der Waals surface area contributed by atoms with Gasteiger partial charge in [0.1, 0.15) is 13.2 Å². The summed E-state index contributed by atoms with van der Waals surface area (Å²) in [6.07, 6.45) is 2.24. The summed E-state index contributed by atoms with van der Waals surface area (Å²) in [4.78, 5) is 20.5. The lowest BCUT2D eigenvalue weighted by Gasteiger charge is -2.05. The second kappa shape index (κ2) is 20.8. The average Bonchev–Trinajstić information content (AvgIpc) is 2.50. The van der Waals surface area contributed by atoms with Crippen LogP contribution in [0.3, 0.4) is 0 Å². The van der Waals surface area contributed by atoms with E-state index in [1.54, 1.807) is 0 Å². The van der Waals surface area contributed by atoms with Crippen LogP contribution in [0, 0.1) is 0 Å². The van der Waals surface area contributed by atoms with E-state index in [1.807, 2.05) is 6.92 Å². The third kappa shape index (κ3) is 29.5. The molecule has 0 atom stereocenters. The Morgan fingerprint density at radius 2 is 1.09 bits per heavy atom. The highest BCUT2D eigenvalue weighted by molar-refractivity contribution is 5.66. The Hall–Kier alpha value is -1.18. The second-order valence-corrected chi connectivity index (χ2v) is 4.46. The van der Waals surface area contributed by atoms with Crippen molar-refractivity contribution in [2.24, 2.45) is 0 Å². The van der Waals surface area contributed by atoms with Gasteiger partial charge < -0.3 is 23.7 Å². The van der Waals surface area contributed by atoms with Crippen molar-refractivity contribution in [1.82, 2.24) is 0 Å².